The third kappa shape index (κ3) is 5.30. The van der Waals surface area contributed by atoms with Crippen LogP contribution in [-0.4, -0.2) is 64.8 Å². The average Bonchev–Trinajstić information content (AvgIpc) is 3.15. The normalized spacial score (nSPS) is 17.4. The summed E-state index contributed by atoms with van der Waals surface area (Å²) >= 11 is 3.19. The Hall–Kier alpha value is -1.91. The highest BCUT2D eigenvalue weighted by atomic mass is 32.2. The molecule has 0 bridgehead atoms. The second kappa shape index (κ2) is 10.1. The van der Waals surface area contributed by atoms with Crippen molar-refractivity contribution < 1.29 is 14.3 Å². The van der Waals surface area contributed by atoms with Gasteiger partial charge in [0, 0.05) is 30.1 Å². The van der Waals surface area contributed by atoms with Crippen LogP contribution < -0.4 is 10.9 Å². The van der Waals surface area contributed by atoms with Crippen LogP contribution in [0.15, 0.2) is 4.79 Å². The van der Waals surface area contributed by atoms with Gasteiger partial charge in [-0.2, -0.15) is 11.8 Å². The van der Waals surface area contributed by atoms with Crippen molar-refractivity contribution in [1.82, 2.24) is 20.2 Å². The number of carbonyl (C=O) groups is 2. The number of hydrogen-bond donors (Lipinski definition) is 2. The van der Waals surface area contributed by atoms with Crippen molar-refractivity contribution in [3.63, 3.8) is 0 Å². The molecule has 2 aliphatic rings. The second-order valence-corrected chi connectivity index (χ2v) is 10.1. The van der Waals surface area contributed by atoms with Crippen molar-refractivity contribution in [2.45, 2.75) is 50.8 Å². The zero-order valence-electron chi connectivity index (χ0n) is 17.7. The SMILES string of the molecule is CC(NC(=O)CCSCc1nc2sc3c(c2c(=O)[nH]1)CCCC3)C(=O)N1CCOCC1. The van der Waals surface area contributed by atoms with Crippen LogP contribution >= 0.6 is 23.1 Å². The number of thioether (sulfide) groups is 1. The summed E-state index contributed by atoms with van der Waals surface area (Å²) in [7, 11) is 0. The first-order valence-electron chi connectivity index (χ1n) is 10.8. The molecule has 168 valence electrons. The molecule has 2 amide bonds. The van der Waals surface area contributed by atoms with Crippen molar-refractivity contribution in [3.8, 4) is 0 Å². The molecule has 0 spiro atoms. The summed E-state index contributed by atoms with van der Waals surface area (Å²) in [5, 5.41) is 3.55. The molecule has 1 atom stereocenters. The molecule has 1 aliphatic carbocycles. The topological polar surface area (TPSA) is 104 Å². The Kier molecular flexibility index (Phi) is 7.29. The number of aromatic amines is 1. The highest BCUT2D eigenvalue weighted by molar-refractivity contribution is 7.98. The summed E-state index contributed by atoms with van der Waals surface area (Å²) in [6.45, 7) is 3.93. The molecule has 2 aromatic heterocycles. The number of nitrogens with one attached hydrogen (secondary N) is 2. The number of fused-ring (bicyclic) bond motifs is 3. The fraction of sp³-hybridized carbons (Fsp3) is 0.619. The number of ether oxygens (including phenoxy) is 1. The summed E-state index contributed by atoms with van der Waals surface area (Å²) in [5.74, 6) is 1.57. The first-order chi connectivity index (χ1) is 15.0. The predicted molar refractivity (Wildman–Crippen MR) is 123 cm³/mol. The van der Waals surface area contributed by atoms with Gasteiger partial charge in [-0.1, -0.05) is 0 Å². The van der Waals surface area contributed by atoms with E-state index < -0.39 is 6.04 Å². The Balaban J connectivity index is 1.25. The van der Waals surface area contributed by atoms with Crippen LogP contribution in [0.25, 0.3) is 10.2 Å². The number of aryl methyl sites for hydroxylation is 2. The zero-order chi connectivity index (χ0) is 21.8. The highest BCUT2D eigenvalue weighted by Gasteiger charge is 2.23. The predicted octanol–water partition coefficient (Wildman–Crippen LogP) is 1.85. The first kappa shape index (κ1) is 22.3. The van der Waals surface area contributed by atoms with Gasteiger partial charge in [-0.3, -0.25) is 14.4 Å². The van der Waals surface area contributed by atoms with Crippen LogP contribution in [0.1, 0.15) is 42.5 Å². The average molecular weight is 465 g/mol. The van der Waals surface area contributed by atoms with Crippen LogP contribution in [0.4, 0.5) is 0 Å². The molecule has 0 radical (unpaired) electrons. The van der Waals surface area contributed by atoms with Crippen molar-refractivity contribution >= 4 is 45.1 Å². The summed E-state index contributed by atoms with van der Waals surface area (Å²) in [6.07, 6.45) is 4.64. The summed E-state index contributed by atoms with van der Waals surface area (Å²) in [5.41, 5.74) is 1.14. The Morgan fingerprint density at radius 2 is 2.06 bits per heavy atom. The van der Waals surface area contributed by atoms with Crippen molar-refractivity contribution in [3.05, 3.63) is 26.6 Å². The van der Waals surface area contributed by atoms with E-state index in [2.05, 4.69) is 15.3 Å². The molecule has 1 aliphatic heterocycles. The van der Waals surface area contributed by atoms with Crippen LogP contribution in [0.3, 0.4) is 0 Å². The van der Waals surface area contributed by atoms with Gasteiger partial charge in [0.15, 0.2) is 0 Å². The van der Waals surface area contributed by atoms with Crippen LogP contribution in [-0.2, 0) is 32.9 Å². The van der Waals surface area contributed by atoms with Gasteiger partial charge in [-0.25, -0.2) is 4.98 Å². The maximum atomic E-state index is 12.6. The molecule has 8 nitrogen and oxygen atoms in total. The highest BCUT2D eigenvalue weighted by Crippen LogP contribution is 2.33. The van der Waals surface area contributed by atoms with Gasteiger partial charge in [0.2, 0.25) is 11.8 Å². The zero-order valence-corrected chi connectivity index (χ0v) is 19.3. The second-order valence-electron chi connectivity index (χ2n) is 7.93. The molecular weight excluding hydrogens is 436 g/mol. The van der Waals surface area contributed by atoms with E-state index in [0.717, 1.165) is 29.5 Å². The summed E-state index contributed by atoms with van der Waals surface area (Å²) < 4.78 is 5.25. The van der Waals surface area contributed by atoms with Gasteiger partial charge in [0.25, 0.3) is 5.56 Å². The van der Waals surface area contributed by atoms with Gasteiger partial charge in [-0.05, 0) is 38.2 Å². The molecule has 1 fully saturated rings. The number of thiophene rings is 1. The molecule has 3 heterocycles. The maximum absolute atomic E-state index is 12.6. The molecule has 1 unspecified atom stereocenters. The van der Waals surface area contributed by atoms with Crippen LogP contribution in [0, 0.1) is 0 Å². The fourth-order valence-corrected chi connectivity index (χ4v) is 6.13. The van der Waals surface area contributed by atoms with E-state index in [1.54, 1.807) is 34.9 Å². The minimum atomic E-state index is -0.541. The van der Waals surface area contributed by atoms with Gasteiger partial charge in [0.05, 0.1) is 24.4 Å². The van der Waals surface area contributed by atoms with Crippen molar-refractivity contribution in [2.75, 3.05) is 32.1 Å². The minimum Gasteiger partial charge on any atom is -0.378 e. The molecule has 10 heteroatoms. The molecular formula is C21H28N4O4S2. The largest absolute Gasteiger partial charge is 0.378 e. The maximum Gasteiger partial charge on any atom is 0.259 e. The van der Waals surface area contributed by atoms with E-state index >= 15 is 0 Å². The van der Waals surface area contributed by atoms with Crippen molar-refractivity contribution in [1.29, 1.82) is 0 Å². The van der Waals surface area contributed by atoms with E-state index in [9.17, 15) is 14.4 Å². The number of nitrogens with zero attached hydrogens (tertiary/aromatic N) is 2. The third-order valence-electron chi connectivity index (χ3n) is 5.66. The number of morpholine rings is 1. The molecule has 0 aromatic carbocycles. The van der Waals surface area contributed by atoms with Gasteiger partial charge >= 0.3 is 0 Å². The fourth-order valence-electron chi connectivity index (χ4n) is 4.04. The van der Waals surface area contributed by atoms with E-state index in [0.29, 0.717) is 50.1 Å². The van der Waals surface area contributed by atoms with Crippen LogP contribution in [0.2, 0.25) is 0 Å². The number of rotatable bonds is 7. The Morgan fingerprint density at radius 3 is 2.87 bits per heavy atom. The summed E-state index contributed by atoms with van der Waals surface area (Å²) in [4.78, 5) is 48.6. The van der Waals surface area contributed by atoms with Crippen LogP contribution in [0.5, 0.6) is 0 Å². The lowest BCUT2D eigenvalue weighted by Gasteiger charge is -2.29. The lowest BCUT2D eigenvalue weighted by Crippen LogP contribution is -2.50. The van der Waals surface area contributed by atoms with Crippen molar-refractivity contribution in [2.24, 2.45) is 0 Å². The Bertz CT molecular complexity index is 1010. The minimum absolute atomic E-state index is 0.0480. The molecule has 1 saturated heterocycles. The molecule has 31 heavy (non-hydrogen) atoms. The lowest BCUT2D eigenvalue weighted by molar-refractivity contribution is -0.139. The number of carbonyl (C=O) groups excluding carboxylic acids is 2. The van der Waals surface area contributed by atoms with E-state index in [-0.39, 0.29) is 17.4 Å². The lowest BCUT2D eigenvalue weighted by atomic mass is 9.97. The first-order valence-corrected chi connectivity index (χ1v) is 12.8. The van der Waals surface area contributed by atoms with Gasteiger partial charge < -0.3 is 19.9 Å². The number of H-pyrrole nitrogens is 1. The Labute approximate surface area is 189 Å². The number of hydrogen-bond acceptors (Lipinski definition) is 7. The van der Waals surface area contributed by atoms with E-state index in [4.69, 9.17) is 4.74 Å². The third-order valence-corrected chi connectivity index (χ3v) is 7.81. The molecule has 0 saturated carbocycles. The quantitative estimate of drug-likeness (QED) is 0.606. The Morgan fingerprint density at radius 1 is 1.29 bits per heavy atom. The van der Waals surface area contributed by atoms with E-state index in [1.165, 1.54) is 16.9 Å². The molecule has 2 aromatic rings. The monoisotopic (exact) mass is 464 g/mol. The number of amides is 2. The smallest absolute Gasteiger partial charge is 0.259 e. The summed E-state index contributed by atoms with van der Waals surface area (Å²) in [6, 6.07) is -0.541. The number of aromatic nitrogens is 2. The van der Waals surface area contributed by atoms with E-state index in [1.807, 2.05) is 0 Å². The molecule has 4 rings (SSSR count). The van der Waals surface area contributed by atoms with Gasteiger partial charge in [0.1, 0.15) is 16.7 Å². The molecule has 2 N–H and O–H groups in total. The standard InChI is InChI=1S/C21H28N4O4S2/c1-13(21(28)25-7-9-29-10-8-25)22-17(26)6-11-30-12-16-23-19(27)18-14-4-2-3-5-15(14)31-20(18)24-16/h13H,2-12H2,1H3,(H,22,26)(H,23,24,27). The van der Waals surface area contributed by atoms with Gasteiger partial charge in [-0.15, -0.1) is 11.3 Å².